The van der Waals surface area contributed by atoms with Crippen LogP contribution in [0.1, 0.15) is 5.56 Å². The standard InChI is InChI=1S/C18H17N7O/c26-14-3-1-12(2-4-14)5-10-20-16-15-17(22-11-21-15)25-18(24-16)23-13-6-8-19-9-7-13/h1-4,6-9,11,26H,5,10H2,(H3,19,20,21,22,23,24,25). The van der Waals surface area contributed by atoms with Gasteiger partial charge in [0.15, 0.2) is 11.5 Å². The van der Waals surface area contributed by atoms with Gasteiger partial charge in [0.25, 0.3) is 0 Å². The molecular weight excluding hydrogens is 330 g/mol. The third kappa shape index (κ3) is 3.54. The van der Waals surface area contributed by atoms with Crippen LogP contribution in [0.15, 0.2) is 55.1 Å². The first-order valence-electron chi connectivity index (χ1n) is 8.18. The average molecular weight is 347 g/mol. The Morgan fingerprint density at radius 1 is 1.00 bits per heavy atom. The molecule has 0 saturated heterocycles. The van der Waals surface area contributed by atoms with Gasteiger partial charge in [-0.3, -0.25) is 4.98 Å². The highest BCUT2D eigenvalue weighted by Gasteiger charge is 2.10. The molecule has 8 heteroatoms. The minimum absolute atomic E-state index is 0.267. The van der Waals surface area contributed by atoms with Crippen molar-refractivity contribution in [3.8, 4) is 5.75 Å². The third-order valence-electron chi connectivity index (χ3n) is 3.86. The van der Waals surface area contributed by atoms with Gasteiger partial charge in [0.2, 0.25) is 5.95 Å². The fourth-order valence-electron chi connectivity index (χ4n) is 2.57. The van der Waals surface area contributed by atoms with Crippen LogP contribution in [-0.4, -0.2) is 36.6 Å². The Labute approximate surface area is 149 Å². The molecule has 0 radical (unpaired) electrons. The number of fused-ring (bicyclic) bond motifs is 1. The summed E-state index contributed by atoms with van der Waals surface area (Å²) in [6, 6.07) is 10.9. The second kappa shape index (κ2) is 7.06. The van der Waals surface area contributed by atoms with Crippen LogP contribution >= 0.6 is 0 Å². The van der Waals surface area contributed by atoms with E-state index < -0.39 is 0 Å². The Hall–Kier alpha value is -3.68. The number of pyridine rings is 1. The maximum absolute atomic E-state index is 9.35. The highest BCUT2D eigenvalue weighted by atomic mass is 16.3. The van der Waals surface area contributed by atoms with Gasteiger partial charge in [0.05, 0.1) is 6.33 Å². The summed E-state index contributed by atoms with van der Waals surface area (Å²) in [6.07, 6.45) is 5.80. The van der Waals surface area contributed by atoms with E-state index in [2.05, 4.69) is 35.6 Å². The Morgan fingerprint density at radius 3 is 2.62 bits per heavy atom. The van der Waals surface area contributed by atoms with Crippen molar-refractivity contribution in [3.63, 3.8) is 0 Å². The number of H-pyrrole nitrogens is 1. The van der Waals surface area contributed by atoms with Gasteiger partial charge in [-0.25, -0.2) is 4.98 Å². The molecule has 0 atom stereocenters. The summed E-state index contributed by atoms with van der Waals surface area (Å²) in [7, 11) is 0. The molecule has 0 aliphatic rings. The molecule has 4 aromatic rings. The fraction of sp³-hybridized carbons (Fsp3) is 0.111. The van der Waals surface area contributed by atoms with E-state index in [0.717, 1.165) is 23.2 Å². The molecule has 130 valence electrons. The van der Waals surface area contributed by atoms with Crippen LogP contribution in [0.2, 0.25) is 0 Å². The van der Waals surface area contributed by atoms with Gasteiger partial charge in [-0.05, 0) is 36.2 Å². The zero-order valence-electron chi connectivity index (χ0n) is 13.8. The number of nitrogens with one attached hydrogen (secondary N) is 3. The van der Waals surface area contributed by atoms with Crippen molar-refractivity contribution < 1.29 is 5.11 Å². The van der Waals surface area contributed by atoms with Crippen molar-refractivity contribution in [1.82, 2.24) is 24.9 Å². The lowest BCUT2D eigenvalue weighted by Crippen LogP contribution is -2.09. The van der Waals surface area contributed by atoms with Gasteiger partial charge in [0.1, 0.15) is 11.3 Å². The summed E-state index contributed by atoms with van der Waals surface area (Å²) < 4.78 is 0. The Balaban J connectivity index is 1.51. The van der Waals surface area contributed by atoms with Crippen molar-refractivity contribution in [2.45, 2.75) is 6.42 Å². The molecule has 26 heavy (non-hydrogen) atoms. The number of imidazole rings is 1. The lowest BCUT2D eigenvalue weighted by Gasteiger charge is -2.09. The monoisotopic (exact) mass is 347 g/mol. The molecule has 0 saturated carbocycles. The number of rotatable bonds is 6. The van der Waals surface area contributed by atoms with Crippen molar-refractivity contribution in [2.24, 2.45) is 0 Å². The molecule has 4 rings (SSSR count). The molecule has 8 nitrogen and oxygen atoms in total. The minimum Gasteiger partial charge on any atom is -0.508 e. The zero-order valence-corrected chi connectivity index (χ0v) is 13.8. The number of nitrogens with zero attached hydrogens (tertiary/aromatic N) is 4. The molecule has 4 N–H and O–H groups in total. The smallest absolute Gasteiger partial charge is 0.231 e. The van der Waals surface area contributed by atoms with E-state index >= 15 is 0 Å². The molecule has 0 aliphatic carbocycles. The van der Waals surface area contributed by atoms with Gasteiger partial charge < -0.3 is 20.7 Å². The van der Waals surface area contributed by atoms with E-state index in [9.17, 15) is 5.11 Å². The van der Waals surface area contributed by atoms with Gasteiger partial charge in [-0.2, -0.15) is 9.97 Å². The van der Waals surface area contributed by atoms with E-state index in [-0.39, 0.29) is 5.75 Å². The molecule has 0 spiro atoms. The van der Waals surface area contributed by atoms with Crippen LogP contribution in [0, 0.1) is 0 Å². The molecule has 3 aromatic heterocycles. The van der Waals surface area contributed by atoms with E-state index in [0.29, 0.717) is 24.0 Å². The second-order valence-corrected chi connectivity index (χ2v) is 5.70. The SMILES string of the molecule is Oc1ccc(CCNc2nc(Nc3ccncc3)nc3nc[nH]c23)cc1. The molecule has 3 heterocycles. The van der Waals surface area contributed by atoms with Gasteiger partial charge in [-0.1, -0.05) is 12.1 Å². The number of hydrogen-bond donors (Lipinski definition) is 4. The molecule has 1 aromatic carbocycles. The number of aromatic amines is 1. The highest BCUT2D eigenvalue weighted by molar-refractivity contribution is 5.84. The third-order valence-corrected chi connectivity index (χ3v) is 3.86. The highest BCUT2D eigenvalue weighted by Crippen LogP contribution is 2.21. The van der Waals surface area contributed by atoms with Crippen molar-refractivity contribution in [2.75, 3.05) is 17.2 Å². The minimum atomic E-state index is 0.267. The topological polar surface area (TPSA) is 112 Å². The average Bonchev–Trinajstić information content (AvgIpc) is 3.13. The summed E-state index contributed by atoms with van der Waals surface area (Å²) in [4.78, 5) is 20.3. The summed E-state index contributed by atoms with van der Waals surface area (Å²) in [5.41, 5.74) is 3.32. The number of benzene rings is 1. The molecule has 0 bridgehead atoms. The first-order valence-corrected chi connectivity index (χ1v) is 8.18. The first-order chi connectivity index (χ1) is 12.8. The number of phenols is 1. The van der Waals surface area contributed by atoms with Crippen LogP contribution in [0.25, 0.3) is 11.2 Å². The maximum atomic E-state index is 9.35. The summed E-state index contributed by atoms with van der Waals surface area (Å²) in [6.45, 7) is 0.685. The maximum Gasteiger partial charge on any atom is 0.231 e. The normalized spacial score (nSPS) is 10.8. The number of aromatic hydroxyl groups is 1. The summed E-state index contributed by atoms with van der Waals surface area (Å²) in [5, 5.41) is 15.8. The van der Waals surface area contributed by atoms with Crippen LogP contribution in [0.5, 0.6) is 5.75 Å². The predicted molar refractivity (Wildman–Crippen MR) is 99.5 cm³/mol. The number of anilines is 3. The van der Waals surface area contributed by atoms with Crippen LogP contribution in [0.4, 0.5) is 17.5 Å². The van der Waals surface area contributed by atoms with E-state index in [1.165, 1.54) is 0 Å². The van der Waals surface area contributed by atoms with Crippen LogP contribution in [0.3, 0.4) is 0 Å². The van der Waals surface area contributed by atoms with Gasteiger partial charge >= 0.3 is 0 Å². The predicted octanol–water partition coefficient (Wildman–Crippen LogP) is 2.85. The Kier molecular flexibility index (Phi) is 4.29. The number of hydrogen-bond acceptors (Lipinski definition) is 7. The van der Waals surface area contributed by atoms with E-state index in [1.807, 2.05) is 24.3 Å². The van der Waals surface area contributed by atoms with Crippen LogP contribution in [-0.2, 0) is 6.42 Å². The van der Waals surface area contributed by atoms with Crippen molar-refractivity contribution >= 4 is 28.6 Å². The van der Waals surface area contributed by atoms with Crippen LogP contribution < -0.4 is 10.6 Å². The summed E-state index contributed by atoms with van der Waals surface area (Å²) in [5.74, 6) is 1.41. The van der Waals surface area contributed by atoms with Gasteiger partial charge in [0, 0.05) is 24.6 Å². The molecule has 0 amide bonds. The molecular formula is C18H17N7O. The largest absolute Gasteiger partial charge is 0.508 e. The lowest BCUT2D eigenvalue weighted by molar-refractivity contribution is 0.475. The second-order valence-electron chi connectivity index (χ2n) is 5.70. The van der Waals surface area contributed by atoms with E-state index in [1.54, 1.807) is 30.9 Å². The Bertz CT molecular complexity index is 999. The lowest BCUT2D eigenvalue weighted by atomic mass is 10.1. The molecule has 0 fully saturated rings. The van der Waals surface area contributed by atoms with Crippen molar-refractivity contribution in [1.29, 1.82) is 0 Å². The number of phenolic OH excluding ortho intramolecular Hbond substituents is 1. The Morgan fingerprint density at radius 2 is 1.81 bits per heavy atom. The van der Waals surface area contributed by atoms with E-state index in [4.69, 9.17) is 0 Å². The number of aromatic nitrogens is 5. The summed E-state index contributed by atoms with van der Waals surface area (Å²) >= 11 is 0. The zero-order chi connectivity index (χ0) is 17.8. The molecule has 0 aliphatic heterocycles. The first kappa shape index (κ1) is 15.8. The molecule has 0 unspecified atom stereocenters. The fourth-order valence-corrected chi connectivity index (χ4v) is 2.57. The van der Waals surface area contributed by atoms with Gasteiger partial charge in [-0.15, -0.1) is 0 Å². The quantitative estimate of drug-likeness (QED) is 0.424. The van der Waals surface area contributed by atoms with Crippen molar-refractivity contribution in [3.05, 3.63) is 60.7 Å².